The van der Waals surface area contributed by atoms with Gasteiger partial charge in [0.1, 0.15) is 0 Å². The topological polar surface area (TPSA) is 79.6 Å². The van der Waals surface area contributed by atoms with Gasteiger partial charge in [-0.05, 0) is 29.7 Å². The van der Waals surface area contributed by atoms with Crippen molar-refractivity contribution in [3.63, 3.8) is 0 Å². The molecule has 0 atom stereocenters. The molecule has 7 heteroatoms. The summed E-state index contributed by atoms with van der Waals surface area (Å²) in [4.78, 5) is 29.9. The van der Waals surface area contributed by atoms with Gasteiger partial charge >= 0.3 is 0 Å². The number of rotatable bonds is 3. The normalized spacial score (nSPS) is 15.4. The molecule has 27 heavy (non-hydrogen) atoms. The number of benzene rings is 1. The highest BCUT2D eigenvalue weighted by Crippen LogP contribution is 2.30. The molecule has 2 amide bonds. The van der Waals surface area contributed by atoms with Crippen LogP contribution in [0.3, 0.4) is 0 Å². The van der Waals surface area contributed by atoms with Crippen LogP contribution in [0.15, 0.2) is 42.5 Å². The number of nitrogens with one attached hydrogen (secondary N) is 1. The van der Waals surface area contributed by atoms with E-state index in [-0.39, 0.29) is 23.2 Å². The van der Waals surface area contributed by atoms with E-state index in [1.54, 1.807) is 4.52 Å². The average molecular weight is 363 g/mol. The van der Waals surface area contributed by atoms with Crippen LogP contribution in [0.4, 0.5) is 5.95 Å². The molecule has 1 saturated heterocycles. The maximum absolute atomic E-state index is 12.5. The second-order valence-corrected chi connectivity index (χ2v) is 7.70. The number of nitrogens with zero attached hydrogens (tertiary/aromatic N) is 4. The summed E-state index contributed by atoms with van der Waals surface area (Å²) < 4.78 is 1.68. The van der Waals surface area contributed by atoms with Crippen molar-refractivity contribution in [3.8, 4) is 11.3 Å². The molecular formula is C20H21N5O2. The van der Waals surface area contributed by atoms with Gasteiger partial charge in [0.2, 0.25) is 11.9 Å². The first-order chi connectivity index (χ1) is 12.8. The summed E-state index contributed by atoms with van der Waals surface area (Å²) in [6, 6.07) is 13.1. The molecule has 3 heterocycles. The van der Waals surface area contributed by atoms with Crippen LogP contribution < -0.4 is 5.32 Å². The van der Waals surface area contributed by atoms with Crippen LogP contribution >= 0.6 is 0 Å². The summed E-state index contributed by atoms with van der Waals surface area (Å²) in [5.41, 5.74) is 3.28. The molecule has 138 valence electrons. The standard InChI is InChI=1S/C20H21N5O2/c1-13(26)21-19-22-17-6-4-5-16(25(17)23-19)14-7-9-15(10-8-14)18(27)24-11-20(2,3)12-24/h4-10H,11-12H2,1-3H3,(H,21,23,26). The van der Waals surface area contributed by atoms with Gasteiger partial charge in [0.25, 0.3) is 5.91 Å². The predicted octanol–water partition coefficient (Wildman–Crippen LogP) is 2.84. The molecule has 1 aliphatic heterocycles. The Morgan fingerprint density at radius 2 is 1.78 bits per heavy atom. The largest absolute Gasteiger partial charge is 0.337 e. The quantitative estimate of drug-likeness (QED) is 0.776. The van der Waals surface area contributed by atoms with Crippen LogP contribution in [-0.4, -0.2) is 44.4 Å². The van der Waals surface area contributed by atoms with E-state index >= 15 is 0 Å². The third kappa shape index (κ3) is 3.28. The molecule has 0 saturated carbocycles. The number of likely N-dealkylation sites (tertiary alicyclic amines) is 1. The van der Waals surface area contributed by atoms with Crippen LogP contribution in [0.25, 0.3) is 16.9 Å². The molecule has 0 bridgehead atoms. The number of amides is 2. The zero-order chi connectivity index (χ0) is 19.2. The molecule has 2 aromatic heterocycles. The number of aromatic nitrogens is 3. The van der Waals surface area contributed by atoms with Crippen molar-refractivity contribution < 1.29 is 9.59 Å². The molecule has 1 N–H and O–H groups in total. The summed E-state index contributed by atoms with van der Waals surface area (Å²) in [7, 11) is 0. The lowest BCUT2D eigenvalue weighted by Crippen LogP contribution is -2.55. The fraction of sp³-hybridized carbons (Fsp3) is 0.300. The van der Waals surface area contributed by atoms with Gasteiger partial charge in [0, 0.05) is 31.1 Å². The first-order valence-electron chi connectivity index (χ1n) is 8.85. The molecule has 3 aromatic rings. The van der Waals surface area contributed by atoms with E-state index in [9.17, 15) is 9.59 Å². The summed E-state index contributed by atoms with van der Waals surface area (Å²) in [6.07, 6.45) is 0. The van der Waals surface area contributed by atoms with Crippen molar-refractivity contribution in [3.05, 3.63) is 48.0 Å². The highest BCUT2D eigenvalue weighted by molar-refractivity contribution is 5.95. The second kappa shape index (κ2) is 6.19. The Kier molecular flexibility index (Phi) is 3.95. The van der Waals surface area contributed by atoms with Crippen molar-refractivity contribution >= 4 is 23.4 Å². The first kappa shape index (κ1) is 17.2. The van der Waals surface area contributed by atoms with Gasteiger partial charge in [0.15, 0.2) is 5.65 Å². The van der Waals surface area contributed by atoms with E-state index in [1.165, 1.54) is 6.92 Å². The maximum atomic E-state index is 12.5. The van der Waals surface area contributed by atoms with Gasteiger partial charge in [-0.15, -0.1) is 5.10 Å². The van der Waals surface area contributed by atoms with Crippen LogP contribution in [0.5, 0.6) is 0 Å². The van der Waals surface area contributed by atoms with Crippen LogP contribution in [0.2, 0.25) is 0 Å². The van der Waals surface area contributed by atoms with E-state index in [1.807, 2.05) is 47.4 Å². The Labute approximate surface area is 157 Å². The molecule has 0 aliphatic carbocycles. The Bertz CT molecular complexity index is 1030. The van der Waals surface area contributed by atoms with Crippen LogP contribution in [0, 0.1) is 5.41 Å². The van der Waals surface area contributed by atoms with Crippen molar-refractivity contribution in [2.24, 2.45) is 5.41 Å². The first-order valence-corrected chi connectivity index (χ1v) is 8.85. The molecule has 4 rings (SSSR count). The Morgan fingerprint density at radius 1 is 1.07 bits per heavy atom. The monoisotopic (exact) mass is 363 g/mol. The molecule has 0 spiro atoms. The van der Waals surface area contributed by atoms with Gasteiger partial charge in [-0.25, -0.2) is 4.52 Å². The summed E-state index contributed by atoms with van der Waals surface area (Å²) in [5.74, 6) is 0.111. The molecule has 1 aromatic carbocycles. The molecule has 1 fully saturated rings. The smallest absolute Gasteiger partial charge is 0.253 e. The average Bonchev–Trinajstić information content (AvgIpc) is 3.00. The van der Waals surface area contributed by atoms with Gasteiger partial charge < -0.3 is 4.90 Å². The second-order valence-electron chi connectivity index (χ2n) is 7.70. The maximum Gasteiger partial charge on any atom is 0.253 e. The van der Waals surface area contributed by atoms with E-state index in [0.29, 0.717) is 11.2 Å². The summed E-state index contributed by atoms with van der Waals surface area (Å²) >= 11 is 0. The fourth-order valence-electron chi connectivity index (χ4n) is 3.43. The summed E-state index contributed by atoms with van der Waals surface area (Å²) in [6.45, 7) is 7.32. The van der Waals surface area contributed by atoms with Crippen molar-refractivity contribution in [2.75, 3.05) is 18.4 Å². The highest BCUT2D eigenvalue weighted by Gasteiger charge is 2.37. The Hall–Kier alpha value is -3.22. The van der Waals surface area contributed by atoms with E-state index < -0.39 is 0 Å². The Morgan fingerprint density at radius 3 is 2.41 bits per heavy atom. The zero-order valence-electron chi connectivity index (χ0n) is 15.6. The van der Waals surface area contributed by atoms with Crippen LogP contribution in [-0.2, 0) is 4.79 Å². The lowest BCUT2D eigenvalue weighted by atomic mass is 9.84. The van der Waals surface area contributed by atoms with E-state index in [4.69, 9.17) is 0 Å². The SMILES string of the molecule is CC(=O)Nc1nc2cccc(-c3ccc(C(=O)N4CC(C)(C)C4)cc3)n2n1. The lowest BCUT2D eigenvalue weighted by molar-refractivity contribution is -0.114. The Balaban J connectivity index is 1.61. The van der Waals surface area contributed by atoms with Gasteiger partial charge in [-0.1, -0.05) is 32.0 Å². The van der Waals surface area contributed by atoms with Crippen molar-refractivity contribution in [1.29, 1.82) is 0 Å². The minimum atomic E-state index is -0.218. The molecule has 1 aliphatic rings. The highest BCUT2D eigenvalue weighted by atomic mass is 16.2. The third-order valence-corrected chi connectivity index (χ3v) is 4.60. The molecule has 0 radical (unpaired) electrons. The molecular weight excluding hydrogens is 342 g/mol. The van der Waals surface area contributed by atoms with Gasteiger partial charge in [-0.2, -0.15) is 4.98 Å². The van der Waals surface area contributed by atoms with Crippen molar-refractivity contribution in [2.45, 2.75) is 20.8 Å². The van der Waals surface area contributed by atoms with Crippen molar-refractivity contribution in [1.82, 2.24) is 19.5 Å². The number of carbonyl (C=O) groups excluding carboxylic acids is 2. The predicted molar refractivity (Wildman–Crippen MR) is 102 cm³/mol. The molecule has 7 nitrogen and oxygen atoms in total. The number of hydrogen-bond donors (Lipinski definition) is 1. The number of anilines is 1. The minimum Gasteiger partial charge on any atom is -0.337 e. The summed E-state index contributed by atoms with van der Waals surface area (Å²) in [5, 5.41) is 6.95. The zero-order valence-corrected chi connectivity index (χ0v) is 15.6. The van der Waals surface area contributed by atoms with Crippen LogP contribution in [0.1, 0.15) is 31.1 Å². The third-order valence-electron chi connectivity index (χ3n) is 4.60. The number of fused-ring (bicyclic) bond motifs is 1. The fourth-order valence-corrected chi connectivity index (χ4v) is 3.43. The lowest BCUT2D eigenvalue weighted by Gasteiger charge is -2.45. The van der Waals surface area contributed by atoms with E-state index in [2.05, 4.69) is 29.2 Å². The van der Waals surface area contributed by atoms with Gasteiger partial charge in [-0.3, -0.25) is 14.9 Å². The van der Waals surface area contributed by atoms with E-state index in [0.717, 1.165) is 24.3 Å². The molecule has 0 unspecified atom stereocenters. The number of carbonyl (C=O) groups is 2. The number of pyridine rings is 1. The minimum absolute atomic E-state index is 0.0628. The number of hydrogen-bond acceptors (Lipinski definition) is 4. The van der Waals surface area contributed by atoms with Gasteiger partial charge in [0.05, 0.1) is 5.69 Å².